The van der Waals surface area contributed by atoms with Gasteiger partial charge in [-0.05, 0) is 85.8 Å². The van der Waals surface area contributed by atoms with Gasteiger partial charge in [0, 0.05) is 23.5 Å². The van der Waals surface area contributed by atoms with E-state index in [-0.39, 0.29) is 17.1 Å². The van der Waals surface area contributed by atoms with Crippen LogP contribution in [0.4, 0.5) is 0 Å². The van der Waals surface area contributed by atoms with Crippen LogP contribution in [0.5, 0.6) is 0 Å². The highest BCUT2D eigenvalue weighted by Gasteiger charge is 2.46. The molecular formula is C35H38O2. The van der Waals surface area contributed by atoms with Gasteiger partial charge in [-0.1, -0.05) is 91.2 Å². The lowest BCUT2D eigenvalue weighted by molar-refractivity contribution is -0.118. The standard InChI is InChI=1S/C35H38O2/c1-22-9-14-28(15-10-22)35(2,3)29-16-17-30-26(21-29)20-27-19-25(32(24-11-12-24)34(37)33(27)30)13-18-31(36)23-7-5-4-6-8-23/h4-10,14-15,19,24,29,32H,11-13,16-18,20-21H2,1-3H3. The molecule has 2 unspecified atom stereocenters. The molecule has 1 fully saturated rings. The second-order valence-electron chi connectivity index (χ2n) is 12.4. The zero-order valence-electron chi connectivity index (χ0n) is 22.5. The molecule has 2 aromatic carbocycles. The minimum atomic E-state index is -0.00380. The lowest BCUT2D eigenvalue weighted by Gasteiger charge is -2.38. The Bertz CT molecular complexity index is 1330. The number of benzene rings is 2. The zero-order chi connectivity index (χ0) is 25.7. The number of hydrogen-bond donors (Lipinski definition) is 0. The lowest BCUT2D eigenvalue weighted by Crippen LogP contribution is -2.31. The molecular weight excluding hydrogens is 452 g/mol. The minimum absolute atomic E-state index is 0.00380. The molecule has 190 valence electrons. The van der Waals surface area contributed by atoms with E-state index >= 15 is 0 Å². The molecule has 2 nitrogen and oxygen atoms in total. The van der Waals surface area contributed by atoms with Crippen LogP contribution in [0.1, 0.15) is 86.7 Å². The Balaban J connectivity index is 1.22. The van der Waals surface area contributed by atoms with Crippen molar-refractivity contribution in [1.29, 1.82) is 0 Å². The summed E-state index contributed by atoms with van der Waals surface area (Å²) in [6, 6.07) is 18.6. The molecule has 37 heavy (non-hydrogen) atoms. The fourth-order valence-corrected chi connectivity index (χ4v) is 7.11. The smallest absolute Gasteiger partial charge is 0.170 e. The molecule has 0 aliphatic heterocycles. The van der Waals surface area contributed by atoms with Gasteiger partial charge in [0.25, 0.3) is 0 Å². The average molecular weight is 491 g/mol. The van der Waals surface area contributed by atoms with E-state index in [1.807, 2.05) is 30.3 Å². The number of aryl methyl sites for hydroxylation is 1. The Morgan fingerprint density at radius 1 is 0.973 bits per heavy atom. The van der Waals surface area contributed by atoms with E-state index in [1.54, 1.807) is 0 Å². The van der Waals surface area contributed by atoms with E-state index in [4.69, 9.17) is 0 Å². The fraction of sp³-hybridized carbons (Fsp3) is 0.429. The van der Waals surface area contributed by atoms with Gasteiger partial charge in [-0.2, -0.15) is 0 Å². The Morgan fingerprint density at radius 3 is 2.41 bits per heavy atom. The Morgan fingerprint density at radius 2 is 1.70 bits per heavy atom. The van der Waals surface area contributed by atoms with E-state index in [0.717, 1.165) is 49.7 Å². The van der Waals surface area contributed by atoms with Crippen molar-refractivity contribution < 1.29 is 9.59 Å². The summed E-state index contributed by atoms with van der Waals surface area (Å²) in [6.07, 6.45) is 9.97. The summed E-state index contributed by atoms with van der Waals surface area (Å²) in [5.74, 6) is 1.59. The van der Waals surface area contributed by atoms with Gasteiger partial charge in [0.1, 0.15) is 0 Å². The summed E-state index contributed by atoms with van der Waals surface area (Å²) >= 11 is 0. The third kappa shape index (κ3) is 4.49. The largest absolute Gasteiger partial charge is 0.294 e. The third-order valence-corrected chi connectivity index (χ3v) is 9.62. The summed E-state index contributed by atoms with van der Waals surface area (Å²) in [4.78, 5) is 26.8. The van der Waals surface area contributed by atoms with Gasteiger partial charge >= 0.3 is 0 Å². The van der Waals surface area contributed by atoms with Crippen LogP contribution in [0.25, 0.3) is 0 Å². The van der Waals surface area contributed by atoms with Crippen LogP contribution in [-0.2, 0) is 10.2 Å². The van der Waals surface area contributed by atoms with Crippen LogP contribution in [0.3, 0.4) is 0 Å². The molecule has 0 amide bonds. The van der Waals surface area contributed by atoms with Crippen molar-refractivity contribution >= 4 is 11.6 Å². The maximum Gasteiger partial charge on any atom is 0.170 e. The van der Waals surface area contributed by atoms with Gasteiger partial charge in [-0.3, -0.25) is 9.59 Å². The van der Waals surface area contributed by atoms with Gasteiger partial charge < -0.3 is 0 Å². The van der Waals surface area contributed by atoms with E-state index in [2.05, 4.69) is 51.1 Å². The Labute approximate surface area is 221 Å². The molecule has 0 bridgehead atoms. The van der Waals surface area contributed by atoms with Crippen LogP contribution in [-0.4, -0.2) is 11.6 Å². The first kappa shape index (κ1) is 24.3. The second-order valence-corrected chi connectivity index (χ2v) is 12.4. The van der Waals surface area contributed by atoms with Crippen LogP contribution in [0.15, 0.2) is 88.5 Å². The molecule has 4 aliphatic rings. The highest BCUT2D eigenvalue weighted by Crippen LogP contribution is 2.54. The van der Waals surface area contributed by atoms with Crippen LogP contribution < -0.4 is 0 Å². The first-order valence-electron chi connectivity index (χ1n) is 14.2. The number of carbonyl (C=O) groups excluding carboxylic acids is 2. The molecule has 6 rings (SSSR count). The number of fused-ring (bicyclic) bond motifs is 1. The topological polar surface area (TPSA) is 34.1 Å². The molecule has 2 atom stereocenters. The quantitative estimate of drug-likeness (QED) is 0.366. The molecule has 0 spiro atoms. The normalized spacial score (nSPS) is 23.6. The average Bonchev–Trinajstić information content (AvgIpc) is 3.66. The number of ketones is 2. The number of rotatable bonds is 7. The predicted molar refractivity (Wildman–Crippen MR) is 150 cm³/mol. The SMILES string of the molecule is Cc1ccc(C(C)(C)C2CCC3=C(CC4=C3C(=O)C(C3CC3)C(CCC(=O)c3ccccc3)=C4)C2)cc1. The van der Waals surface area contributed by atoms with Crippen LogP contribution in [0, 0.1) is 24.7 Å². The molecule has 2 aromatic rings. The molecule has 0 N–H and O–H groups in total. The van der Waals surface area contributed by atoms with Gasteiger partial charge in [0.15, 0.2) is 11.6 Å². The molecule has 2 heteroatoms. The Kier molecular flexibility index (Phi) is 6.18. The molecule has 1 saturated carbocycles. The summed E-state index contributed by atoms with van der Waals surface area (Å²) in [6.45, 7) is 6.94. The Hall–Kier alpha value is -3.00. The predicted octanol–water partition coefficient (Wildman–Crippen LogP) is 8.27. The first-order valence-corrected chi connectivity index (χ1v) is 14.2. The lowest BCUT2D eigenvalue weighted by atomic mass is 9.66. The number of allylic oxidation sites excluding steroid dienone is 6. The van der Waals surface area contributed by atoms with Crippen molar-refractivity contribution in [3.63, 3.8) is 0 Å². The maximum atomic E-state index is 14.0. The van der Waals surface area contributed by atoms with E-state index in [9.17, 15) is 9.59 Å². The van der Waals surface area contributed by atoms with Gasteiger partial charge in [0.05, 0.1) is 0 Å². The van der Waals surface area contributed by atoms with Gasteiger partial charge in [-0.15, -0.1) is 0 Å². The van der Waals surface area contributed by atoms with E-state index < -0.39 is 0 Å². The van der Waals surface area contributed by atoms with Crippen molar-refractivity contribution in [2.75, 3.05) is 0 Å². The zero-order valence-corrected chi connectivity index (χ0v) is 22.5. The molecule has 4 aliphatic carbocycles. The molecule has 0 saturated heterocycles. The van der Waals surface area contributed by atoms with Crippen molar-refractivity contribution in [3.05, 3.63) is 105 Å². The first-order chi connectivity index (χ1) is 17.8. The van der Waals surface area contributed by atoms with Crippen molar-refractivity contribution in [1.82, 2.24) is 0 Å². The summed E-state index contributed by atoms with van der Waals surface area (Å²) in [5, 5.41) is 0. The van der Waals surface area contributed by atoms with Crippen molar-refractivity contribution in [3.8, 4) is 0 Å². The van der Waals surface area contributed by atoms with Crippen molar-refractivity contribution in [2.45, 2.75) is 77.6 Å². The summed E-state index contributed by atoms with van der Waals surface area (Å²) < 4.78 is 0. The third-order valence-electron chi connectivity index (χ3n) is 9.62. The summed E-state index contributed by atoms with van der Waals surface area (Å²) in [7, 11) is 0. The van der Waals surface area contributed by atoms with E-state index in [1.165, 1.54) is 33.4 Å². The van der Waals surface area contributed by atoms with Gasteiger partial charge in [-0.25, -0.2) is 0 Å². The second kappa shape index (κ2) is 9.39. The molecule has 0 radical (unpaired) electrons. The fourth-order valence-electron chi connectivity index (χ4n) is 7.11. The number of hydrogen-bond acceptors (Lipinski definition) is 2. The maximum absolute atomic E-state index is 14.0. The van der Waals surface area contributed by atoms with Crippen LogP contribution >= 0.6 is 0 Å². The van der Waals surface area contributed by atoms with Crippen molar-refractivity contribution in [2.24, 2.45) is 17.8 Å². The number of Topliss-reactive ketones (excluding diaryl/α,β-unsaturated/α-hetero) is 2. The minimum Gasteiger partial charge on any atom is -0.294 e. The van der Waals surface area contributed by atoms with Crippen LogP contribution in [0.2, 0.25) is 0 Å². The highest BCUT2D eigenvalue weighted by atomic mass is 16.1. The summed E-state index contributed by atoms with van der Waals surface area (Å²) in [5.41, 5.74) is 9.99. The highest BCUT2D eigenvalue weighted by molar-refractivity contribution is 6.07. The molecule has 0 aromatic heterocycles. The molecule has 0 heterocycles. The monoisotopic (exact) mass is 490 g/mol. The number of carbonyl (C=O) groups is 2. The van der Waals surface area contributed by atoms with E-state index in [0.29, 0.717) is 30.5 Å². The van der Waals surface area contributed by atoms with Gasteiger partial charge in [0.2, 0.25) is 0 Å².